The summed E-state index contributed by atoms with van der Waals surface area (Å²) in [6.45, 7) is 6.52. The van der Waals surface area contributed by atoms with Gasteiger partial charge >= 0.3 is 5.97 Å². The number of aromatic nitrogens is 1. The normalized spacial score (nSPS) is 11.1. The monoisotopic (exact) mass is 594 g/mol. The smallest absolute Gasteiger partial charge is 0.305 e. The molecule has 0 saturated heterocycles. The van der Waals surface area contributed by atoms with E-state index >= 15 is 0 Å². The van der Waals surface area contributed by atoms with Crippen LogP contribution in [0.1, 0.15) is 12.8 Å². The lowest BCUT2D eigenvalue weighted by Crippen LogP contribution is -2.26. The van der Waals surface area contributed by atoms with Crippen molar-refractivity contribution < 1.29 is 47.9 Å². The van der Waals surface area contributed by atoms with Crippen molar-refractivity contribution in [1.29, 1.82) is 0 Å². The van der Waals surface area contributed by atoms with E-state index in [2.05, 4.69) is 10.3 Å². The third kappa shape index (κ3) is 26.5. The highest BCUT2D eigenvalue weighted by Gasteiger charge is 2.02. The molecule has 0 radical (unpaired) electrons. The first-order valence-electron chi connectivity index (χ1n) is 12.9. The molecule has 0 aromatic carbocycles. The van der Waals surface area contributed by atoms with Crippen molar-refractivity contribution in [2.24, 2.45) is 0 Å². The summed E-state index contributed by atoms with van der Waals surface area (Å²) in [7, 11) is 3.25. The number of nitrogens with zero attached hydrogens (tertiary/aromatic N) is 1. The number of aliphatic carboxylic acids is 1. The van der Waals surface area contributed by atoms with Crippen LogP contribution in [0, 0.1) is 0 Å². The Morgan fingerprint density at radius 3 is 1.59 bits per heavy atom. The minimum Gasteiger partial charge on any atom is -0.481 e. The molecule has 1 rings (SSSR count). The molecule has 0 atom stereocenters. The van der Waals surface area contributed by atoms with Gasteiger partial charge in [0.2, 0.25) is 5.91 Å². The molecule has 224 valence electrons. The zero-order valence-electron chi connectivity index (χ0n) is 22.4. The lowest BCUT2D eigenvalue weighted by molar-refractivity contribution is -0.138. The first-order chi connectivity index (χ1) is 19.2. The van der Waals surface area contributed by atoms with E-state index < -0.39 is 5.97 Å². The van der Waals surface area contributed by atoms with Crippen LogP contribution in [0.4, 0.5) is 0 Å². The number of pyridine rings is 1. The highest BCUT2D eigenvalue weighted by Crippen LogP contribution is 2.28. The summed E-state index contributed by atoms with van der Waals surface area (Å²) in [6.07, 6.45) is 2.08. The first-order valence-corrected chi connectivity index (χ1v) is 15.2. The molecule has 12 nitrogen and oxygen atoms in total. The average molecular weight is 595 g/mol. The number of rotatable bonds is 29. The molecule has 0 bridgehead atoms. The van der Waals surface area contributed by atoms with E-state index in [1.807, 2.05) is 18.2 Å². The Morgan fingerprint density at radius 1 is 0.692 bits per heavy atom. The van der Waals surface area contributed by atoms with Gasteiger partial charge in [-0.1, -0.05) is 16.9 Å². The summed E-state index contributed by atoms with van der Waals surface area (Å²) in [5.41, 5.74) is 0. The summed E-state index contributed by atoms with van der Waals surface area (Å²) >= 11 is 0. The predicted octanol–water partition coefficient (Wildman–Crippen LogP) is 1.92. The van der Waals surface area contributed by atoms with E-state index in [1.54, 1.807) is 27.8 Å². The second-order valence-electron chi connectivity index (χ2n) is 7.60. The number of nitrogens with one attached hydrogen (secondary N) is 1. The van der Waals surface area contributed by atoms with E-state index in [-0.39, 0.29) is 18.9 Å². The van der Waals surface area contributed by atoms with Crippen LogP contribution >= 0.6 is 21.6 Å². The zero-order valence-corrected chi connectivity index (χ0v) is 24.1. The summed E-state index contributed by atoms with van der Waals surface area (Å²) in [5, 5.41) is 12.3. The number of amides is 1. The molecule has 1 aromatic heterocycles. The fraction of sp³-hybridized carbons (Fsp3) is 0.720. The summed E-state index contributed by atoms with van der Waals surface area (Å²) in [5.74, 6) is -0.0955. The number of hydrogen-bond acceptors (Lipinski definition) is 12. The van der Waals surface area contributed by atoms with Gasteiger partial charge in [-0.3, -0.25) is 9.59 Å². The van der Waals surface area contributed by atoms with E-state index in [0.717, 1.165) is 10.8 Å². The van der Waals surface area contributed by atoms with E-state index in [9.17, 15) is 9.59 Å². The quantitative estimate of drug-likeness (QED) is 0.103. The molecule has 39 heavy (non-hydrogen) atoms. The zero-order chi connectivity index (χ0) is 28.1. The molecular weight excluding hydrogens is 552 g/mol. The summed E-state index contributed by atoms with van der Waals surface area (Å²) in [4.78, 5) is 26.3. The minimum absolute atomic E-state index is 0.00395. The van der Waals surface area contributed by atoms with Crippen molar-refractivity contribution in [2.75, 3.05) is 105 Å². The molecule has 0 aliphatic carbocycles. The van der Waals surface area contributed by atoms with Gasteiger partial charge in [0, 0.05) is 24.9 Å². The SMILES string of the molecule is O=C(O)CCOCCOCCOCCOCCOCCOCCOCCC(=O)NCCSSc1ccccn1. The molecule has 1 aromatic rings. The minimum atomic E-state index is -0.876. The summed E-state index contributed by atoms with van der Waals surface area (Å²) in [6, 6.07) is 5.79. The van der Waals surface area contributed by atoms with Crippen LogP contribution < -0.4 is 5.32 Å². The molecule has 0 saturated carbocycles. The molecule has 0 fully saturated rings. The highest BCUT2D eigenvalue weighted by molar-refractivity contribution is 8.76. The molecule has 0 spiro atoms. The number of carboxylic acid groups (broad SMARTS) is 1. The number of ether oxygens (including phenoxy) is 7. The topological polar surface area (TPSA) is 144 Å². The van der Waals surface area contributed by atoms with Crippen molar-refractivity contribution in [1.82, 2.24) is 10.3 Å². The predicted molar refractivity (Wildman–Crippen MR) is 148 cm³/mol. The first kappa shape index (κ1) is 35.5. The molecule has 0 aliphatic rings. The van der Waals surface area contributed by atoms with E-state index in [4.69, 9.17) is 38.3 Å². The molecule has 1 heterocycles. The van der Waals surface area contributed by atoms with Gasteiger partial charge in [0.25, 0.3) is 0 Å². The van der Waals surface area contributed by atoms with Gasteiger partial charge in [-0.05, 0) is 22.9 Å². The lowest BCUT2D eigenvalue weighted by atomic mass is 10.4. The van der Waals surface area contributed by atoms with Crippen molar-refractivity contribution in [3.63, 3.8) is 0 Å². The Hall–Kier alpha value is -1.49. The van der Waals surface area contributed by atoms with Gasteiger partial charge in [-0.15, -0.1) is 0 Å². The number of carbonyl (C=O) groups excluding carboxylic acids is 1. The molecule has 0 unspecified atom stereocenters. The fourth-order valence-corrected chi connectivity index (χ4v) is 4.35. The van der Waals surface area contributed by atoms with Crippen LogP contribution in [0.15, 0.2) is 29.4 Å². The molecular formula is C25H42N2O10S2. The average Bonchev–Trinajstić information content (AvgIpc) is 2.93. The Kier molecular flexibility index (Phi) is 25.6. The third-order valence-electron chi connectivity index (χ3n) is 4.46. The van der Waals surface area contributed by atoms with Crippen molar-refractivity contribution in [2.45, 2.75) is 17.9 Å². The highest BCUT2D eigenvalue weighted by atomic mass is 33.1. The van der Waals surface area contributed by atoms with Crippen molar-refractivity contribution in [3.8, 4) is 0 Å². The van der Waals surface area contributed by atoms with Crippen molar-refractivity contribution >= 4 is 33.5 Å². The van der Waals surface area contributed by atoms with E-state index in [1.165, 1.54) is 0 Å². The van der Waals surface area contributed by atoms with Gasteiger partial charge in [0.15, 0.2) is 0 Å². The van der Waals surface area contributed by atoms with E-state index in [0.29, 0.717) is 98.9 Å². The fourth-order valence-electron chi connectivity index (χ4n) is 2.56. The maximum atomic E-state index is 11.8. The Morgan fingerprint density at radius 2 is 1.15 bits per heavy atom. The molecule has 0 aliphatic heterocycles. The number of hydrogen-bond donors (Lipinski definition) is 2. The Balaban J connectivity index is 1.68. The summed E-state index contributed by atoms with van der Waals surface area (Å²) < 4.78 is 37.5. The van der Waals surface area contributed by atoms with Crippen LogP contribution in [-0.2, 0) is 42.7 Å². The standard InChI is InChI=1S/C25H42N2O10S2/c28-23(26-7-22-38-39-24-3-1-2-6-27-24)4-8-31-10-12-33-14-16-35-18-20-37-21-19-36-17-15-34-13-11-32-9-5-25(29)30/h1-3,6H,4-5,7-22H2,(H,26,28)(H,29,30). The third-order valence-corrected chi connectivity index (χ3v) is 6.72. The van der Waals surface area contributed by atoms with Crippen LogP contribution in [0.2, 0.25) is 0 Å². The lowest BCUT2D eigenvalue weighted by Gasteiger charge is -2.08. The Labute approximate surface area is 238 Å². The van der Waals surface area contributed by atoms with Crippen LogP contribution in [-0.4, -0.2) is 127 Å². The van der Waals surface area contributed by atoms with Crippen LogP contribution in [0.5, 0.6) is 0 Å². The second kappa shape index (κ2) is 28.1. The van der Waals surface area contributed by atoms with Gasteiger partial charge in [-0.2, -0.15) is 0 Å². The number of carbonyl (C=O) groups is 2. The van der Waals surface area contributed by atoms with Gasteiger partial charge in [-0.25, -0.2) is 4.98 Å². The van der Waals surface area contributed by atoms with Gasteiger partial charge < -0.3 is 43.6 Å². The molecule has 1 amide bonds. The van der Waals surface area contributed by atoms with Crippen molar-refractivity contribution in [3.05, 3.63) is 24.4 Å². The maximum Gasteiger partial charge on any atom is 0.305 e. The second-order valence-corrected chi connectivity index (χ2v) is 10.0. The maximum absolute atomic E-state index is 11.8. The van der Waals surface area contributed by atoms with Gasteiger partial charge in [0.05, 0.1) is 98.9 Å². The van der Waals surface area contributed by atoms with Crippen LogP contribution in [0.25, 0.3) is 0 Å². The largest absolute Gasteiger partial charge is 0.481 e. The van der Waals surface area contributed by atoms with Gasteiger partial charge in [0.1, 0.15) is 5.03 Å². The Bertz CT molecular complexity index is 707. The number of carboxylic acids is 1. The van der Waals surface area contributed by atoms with Crippen LogP contribution in [0.3, 0.4) is 0 Å². The molecule has 2 N–H and O–H groups in total. The molecule has 14 heteroatoms.